The van der Waals surface area contributed by atoms with Gasteiger partial charge in [-0.3, -0.25) is 4.90 Å². The van der Waals surface area contributed by atoms with Gasteiger partial charge in [0.15, 0.2) is 0 Å². The first kappa shape index (κ1) is 14.4. The van der Waals surface area contributed by atoms with Crippen LogP contribution in [0.3, 0.4) is 0 Å². The van der Waals surface area contributed by atoms with Crippen molar-refractivity contribution in [2.45, 2.75) is 19.4 Å². The Labute approximate surface area is 120 Å². The van der Waals surface area contributed by atoms with E-state index in [0.29, 0.717) is 10.9 Å². The minimum Gasteiger partial charge on any atom is -0.389 e. The zero-order valence-electron chi connectivity index (χ0n) is 11.5. The fourth-order valence-electron chi connectivity index (χ4n) is 2.70. The van der Waals surface area contributed by atoms with Gasteiger partial charge in [-0.05, 0) is 30.9 Å². The highest BCUT2D eigenvalue weighted by molar-refractivity contribution is 7.80. The molecule has 0 saturated carbocycles. The topological polar surface area (TPSA) is 38.5 Å². The van der Waals surface area contributed by atoms with E-state index in [0.717, 1.165) is 25.3 Å². The molecule has 1 saturated heterocycles. The predicted octanol–water partition coefficient (Wildman–Crippen LogP) is 2.18. The van der Waals surface area contributed by atoms with Gasteiger partial charge in [0.2, 0.25) is 0 Å². The standard InChI is InChI=1S/C15H22N2OS/c1-18-11-13-3-2-8-17(10-13)9-12-4-6-14(7-5-12)15(16)19/h4-7,13H,2-3,8-11H2,1H3,(H2,16,19). The fourth-order valence-corrected chi connectivity index (χ4v) is 2.84. The molecule has 1 atom stereocenters. The molecule has 1 aliphatic heterocycles. The number of methoxy groups -OCH3 is 1. The highest BCUT2D eigenvalue weighted by atomic mass is 32.1. The van der Waals surface area contributed by atoms with Gasteiger partial charge in [0, 0.05) is 25.8 Å². The summed E-state index contributed by atoms with van der Waals surface area (Å²) in [7, 11) is 1.79. The molecule has 1 aromatic carbocycles. The summed E-state index contributed by atoms with van der Waals surface area (Å²) in [5, 5.41) is 0. The summed E-state index contributed by atoms with van der Waals surface area (Å²) in [6.07, 6.45) is 2.55. The van der Waals surface area contributed by atoms with Crippen molar-refractivity contribution in [3.8, 4) is 0 Å². The van der Waals surface area contributed by atoms with Gasteiger partial charge in [-0.15, -0.1) is 0 Å². The van der Waals surface area contributed by atoms with Gasteiger partial charge in [0.1, 0.15) is 4.99 Å². The normalized spacial score (nSPS) is 20.4. The van der Waals surface area contributed by atoms with Crippen LogP contribution in [0.1, 0.15) is 24.0 Å². The van der Waals surface area contributed by atoms with Gasteiger partial charge < -0.3 is 10.5 Å². The molecule has 1 aromatic rings. The van der Waals surface area contributed by atoms with Crippen LogP contribution in [-0.4, -0.2) is 36.7 Å². The lowest BCUT2D eigenvalue weighted by Crippen LogP contribution is -2.36. The highest BCUT2D eigenvalue weighted by Gasteiger charge is 2.19. The third kappa shape index (κ3) is 4.27. The number of rotatable bonds is 5. The van der Waals surface area contributed by atoms with E-state index in [9.17, 15) is 0 Å². The number of likely N-dealkylation sites (tertiary alicyclic amines) is 1. The summed E-state index contributed by atoms with van der Waals surface area (Å²) in [4.78, 5) is 2.97. The minimum atomic E-state index is 0.463. The van der Waals surface area contributed by atoms with Crippen LogP contribution in [0.2, 0.25) is 0 Å². The van der Waals surface area contributed by atoms with Gasteiger partial charge >= 0.3 is 0 Å². The van der Waals surface area contributed by atoms with E-state index in [1.165, 1.54) is 24.9 Å². The minimum absolute atomic E-state index is 0.463. The van der Waals surface area contributed by atoms with E-state index in [4.69, 9.17) is 22.7 Å². The second kappa shape index (κ2) is 6.98. The smallest absolute Gasteiger partial charge is 0.103 e. The molecule has 3 nitrogen and oxygen atoms in total. The van der Waals surface area contributed by atoms with E-state index >= 15 is 0 Å². The quantitative estimate of drug-likeness (QED) is 0.838. The van der Waals surface area contributed by atoms with E-state index in [1.54, 1.807) is 7.11 Å². The molecule has 1 aliphatic rings. The van der Waals surface area contributed by atoms with Crippen LogP contribution in [0, 0.1) is 5.92 Å². The van der Waals surface area contributed by atoms with Gasteiger partial charge in [-0.2, -0.15) is 0 Å². The zero-order chi connectivity index (χ0) is 13.7. The average molecular weight is 278 g/mol. The van der Waals surface area contributed by atoms with E-state index in [2.05, 4.69) is 17.0 Å². The molecular weight excluding hydrogens is 256 g/mol. The lowest BCUT2D eigenvalue weighted by Gasteiger charge is -2.32. The van der Waals surface area contributed by atoms with Crippen molar-refractivity contribution < 1.29 is 4.74 Å². The molecular formula is C15H22N2OS. The Morgan fingerprint density at radius 3 is 2.79 bits per heavy atom. The number of nitrogens with zero attached hydrogens (tertiary/aromatic N) is 1. The van der Waals surface area contributed by atoms with Gasteiger partial charge in [0.25, 0.3) is 0 Å². The van der Waals surface area contributed by atoms with Crippen LogP contribution < -0.4 is 5.73 Å². The van der Waals surface area contributed by atoms with E-state index in [-0.39, 0.29) is 0 Å². The summed E-state index contributed by atoms with van der Waals surface area (Å²) < 4.78 is 5.27. The monoisotopic (exact) mass is 278 g/mol. The third-order valence-electron chi connectivity index (χ3n) is 3.65. The molecule has 0 amide bonds. The molecule has 19 heavy (non-hydrogen) atoms. The second-order valence-corrected chi connectivity index (χ2v) is 5.70. The van der Waals surface area contributed by atoms with Gasteiger partial charge in [-0.25, -0.2) is 0 Å². The third-order valence-corrected chi connectivity index (χ3v) is 3.89. The van der Waals surface area contributed by atoms with Crippen LogP contribution in [-0.2, 0) is 11.3 Å². The molecule has 2 rings (SSSR count). The second-order valence-electron chi connectivity index (χ2n) is 5.26. The SMILES string of the molecule is COCC1CCCN(Cc2ccc(C(N)=S)cc2)C1. The Morgan fingerprint density at radius 1 is 1.42 bits per heavy atom. The molecule has 4 heteroatoms. The molecule has 1 unspecified atom stereocenters. The summed E-state index contributed by atoms with van der Waals surface area (Å²) in [5.74, 6) is 0.676. The maximum Gasteiger partial charge on any atom is 0.103 e. The molecule has 2 N–H and O–H groups in total. The van der Waals surface area contributed by atoms with Crippen molar-refractivity contribution in [2.75, 3.05) is 26.8 Å². The Balaban J connectivity index is 1.91. The maximum absolute atomic E-state index is 5.61. The lowest BCUT2D eigenvalue weighted by molar-refractivity contribution is 0.0874. The van der Waals surface area contributed by atoms with Crippen molar-refractivity contribution in [1.29, 1.82) is 0 Å². The number of ether oxygens (including phenoxy) is 1. The Morgan fingerprint density at radius 2 is 2.16 bits per heavy atom. The number of benzene rings is 1. The highest BCUT2D eigenvalue weighted by Crippen LogP contribution is 2.19. The molecule has 0 aliphatic carbocycles. The van der Waals surface area contributed by atoms with Crippen molar-refractivity contribution in [3.63, 3.8) is 0 Å². The first-order valence-electron chi connectivity index (χ1n) is 6.79. The van der Waals surface area contributed by atoms with Crippen LogP contribution in [0.5, 0.6) is 0 Å². The van der Waals surface area contributed by atoms with E-state index < -0.39 is 0 Å². The number of hydrogen-bond donors (Lipinski definition) is 1. The molecule has 0 spiro atoms. The summed E-state index contributed by atoms with van der Waals surface area (Å²) in [6, 6.07) is 8.26. The van der Waals surface area contributed by atoms with Crippen LogP contribution in [0.4, 0.5) is 0 Å². The lowest BCUT2D eigenvalue weighted by atomic mass is 9.98. The average Bonchev–Trinajstić information content (AvgIpc) is 2.40. The Kier molecular flexibility index (Phi) is 5.31. The van der Waals surface area contributed by atoms with Crippen molar-refractivity contribution in [1.82, 2.24) is 4.90 Å². The van der Waals surface area contributed by atoms with Crippen molar-refractivity contribution >= 4 is 17.2 Å². The Bertz CT molecular complexity index is 417. The number of nitrogens with two attached hydrogens (primary N) is 1. The van der Waals surface area contributed by atoms with Gasteiger partial charge in [0.05, 0.1) is 6.61 Å². The first-order chi connectivity index (χ1) is 9.19. The molecule has 1 fully saturated rings. The van der Waals surface area contributed by atoms with Crippen molar-refractivity contribution in [3.05, 3.63) is 35.4 Å². The van der Waals surface area contributed by atoms with Crippen LogP contribution in [0.15, 0.2) is 24.3 Å². The number of hydrogen-bond acceptors (Lipinski definition) is 3. The molecule has 0 bridgehead atoms. The van der Waals surface area contributed by atoms with Crippen LogP contribution in [0.25, 0.3) is 0 Å². The summed E-state index contributed by atoms with van der Waals surface area (Å²) in [5.41, 5.74) is 7.86. The van der Waals surface area contributed by atoms with Crippen LogP contribution >= 0.6 is 12.2 Å². The first-order valence-corrected chi connectivity index (χ1v) is 7.20. The predicted molar refractivity (Wildman–Crippen MR) is 82.2 cm³/mol. The van der Waals surface area contributed by atoms with Crippen molar-refractivity contribution in [2.24, 2.45) is 11.7 Å². The molecule has 0 aromatic heterocycles. The van der Waals surface area contributed by atoms with E-state index in [1.807, 2.05) is 12.1 Å². The molecule has 1 heterocycles. The molecule has 0 radical (unpaired) electrons. The van der Waals surface area contributed by atoms with Gasteiger partial charge in [-0.1, -0.05) is 36.5 Å². The fraction of sp³-hybridized carbons (Fsp3) is 0.533. The zero-order valence-corrected chi connectivity index (χ0v) is 12.3. The largest absolute Gasteiger partial charge is 0.389 e. The number of piperidine rings is 1. The number of thiocarbonyl (C=S) groups is 1. The summed E-state index contributed by atoms with van der Waals surface area (Å²) >= 11 is 4.96. The Hall–Kier alpha value is -0.970. The molecule has 104 valence electrons. The maximum atomic E-state index is 5.61. The summed E-state index contributed by atoms with van der Waals surface area (Å²) in [6.45, 7) is 4.18.